The Labute approximate surface area is 170 Å². The molecule has 1 fully saturated rings. The number of pyridine rings is 1. The average molecular weight is 425 g/mol. The minimum absolute atomic E-state index is 0.246. The van der Waals surface area contributed by atoms with E-state index >= 15 is 0 Å². The van der Waals surface area contributed by atoms with Crippen molar-refractivity contribution in [2.24, 2.45) is 0 Å². The number of rotatable bonds is 7. The molecule has 0 atom stereocenters. The predicted molar refractivity (Wildman–Crippen MR) is 109 cm³/mol. The van der Waals surface area contributed by atoms with Crippen LogP contribution in [0.1, 0.15) is 5.56 Å². The van der Waals surface area contributed by atoms with Crippen LogP contribution in [0.4, 0.5) is 0 Å². The molecule has 2 aromatic rings. The van der Waals surface area contributed by atoms with Crippen LogP contribution in [-0.2, 0) is 15.8 Å². The van der Waals surface area contributed by atoms with Gasteiger partial charge < -0.3 is 14.4 Å². The third kappa shape index (κ3) is 4.78. The summed E-state index contributed by atoms with van der Waals surface area (Å²) < 4.78 is 37.8. The maximum Gasteiger partial charge on any atom is 0.245 e. The SMILES string of the molecule is COc1ccc(OC)c(CSc2ccc(S(=O)(=O)N3CC[NH+](C)CC3)cn2)c1. The lowest BCUT2D eigenvalue weighted by molar-refractivity contribution is -0.883. The minimum atomic E-state index is -3.48. The van der Waals surface area contributed by atoms with Gasteiger partial charge >= 0.3 is 0 Å². The number of hydrogen-bond acceptors (Lipinski definition) is 6. The normalized spacial score (nSPS) is 16.1. The number of hydrogen-bond donors (Lipinski definition) is 1. The largest absolute Gasteiger partial charge is 0.497 e. The van der Waals surface area contributed by atoms with Gasteiger partial charge in [-0.3, -0.25) is 0 Å². The molecule has 1 aliphatic rings. The highest BCUT2D eigenvalue weighted by atomic mass is 32.2. The highest BCUT2D eigenvalue weighted by molar-refractivity contribution is 7.98. The van der Waals surface area contributed by atoms with Crippen molar-refractivity contribution >= 4 is 21.8 Å². The maximum absolute atomic E-state index is 12.8. The van der Waals surface area contributed by atoms with Gasteiger partial charge in [-0.05, 0) is 30.3 Å². The Morgan fingerprint density at radius 3 is 2.50 bits per heavy atom. The first-order chi connectivity index (χ1) is 13.4. The molecule has 7 nitrogen and oxygen atoms in total. The van der Waals surface area contributed by atoms with E-state index < -0.39 is 10.0 Å². The lowest BCUT2D eigenvalue weighted by Gasteiger charge is -2.29. The number of quaternary nitrogens is 1. The number of nitrogens with zero attached hydrogens (tertiary/aromatic N) is 2. The van der Waals surface area contributed by atoms with Crippen molar-refractivity contribution in [3.8, 4) is 11.5 Å². The predicted octanol–water partition coefficient (Wildman–Crippen LogP) is 0.910. The first-order valence-corrected chi connectivity index (χ1v) is 11.5. The number of ether oxygens (including phenoxy) is 2. The lowest BCUT2D eigenvalue weighted by atomic mass is 10.2. The van der Waals surface area contributed by atoms with Gasteiger partial charge in [0, 0.05) is 17.5 Å². The molecule has 0 saturated carbocycles. The van der Waals surface area contributed by atoms with Crippen LogP contribution in [0, 0.1) is 0 Å². The zero-order valence-electron chi connectivity index (χ0n) is 16.3. The summed E-state index contributed by atoms with van der Waals surface area (Å²) in [5, 5.41) is 0.756. The number of likely N-dealkylation sites (N-methyl/N-ethyl adjacent to an activating group) is 1. The van der Waals surface area contributed by atoms with E-state index in [-0.39, 0.29) is 4.90 Å². The molecule has 9 heteroatoms. The zero-order chi connectivity index (χ0) is 20.1. The van der Waals surface area contributed by atoms with Crippen LogP contribution in [0.25, 0.3) is 0 Å². The first-order valence-electron chi connectivity index (χ1n) is 9.05. The van der Waals surface area contributed by atoms with Gasteiger partial charge in [-0.15, -0.1) is 11.8 Å². The van der Waals surface area contributed by atoms with E-state index in [9.17, 15) is 8.42 Å². The van der Waals surface area contributed by atoms with Crippen molar-refractivity contribution in [2.75, 3.05) is 47.4 Å². The molecule has 0 radical (unpaired) electrons. The standard InChI is InChI=1S/C19H25N3O4S2/c1-21-8-10-22(11-9-21)28(23,24)17-5-7-19(20-13-17)27-14-15-12-16(25-2)4-6-18(15)26-3/h4-7,12-13H,8-11,14H2,1-3H3/p+1. The van der Waals surface area contributed by atoms with Gasteiger partial charge in [-0.2, -0.15) is 4.31 Å². The van der Waals surface area contributed by atoms with Crippen molar-refractivity contribution in [1.82, 2.24) is 9.29 Å². The molecule has 0 amide bonds. The molecule has 28 heavy (non-hydrogen) atoms. The van der Waals surface area contributed by atoms with Crippen LogP contribution in [0.3, 0.4) is 0 Å². The van der Waals surface area contributed by atoms with E-state index in [4.69, 9.17) is 9.47 Å². The molecule has 0 aliphatic carbocycles. The Hall–Kier alpha value is -1.81. The summed E-state index contributed by atoms with van der Waals surface area (Å²) >= 11 is 1.52. The Bertz CT molecular complexity index is 896. The summed E-state index contributed by atoms with van der Waals surface area (Å²) in [4.78, 5) is 5.94. The number of aromatic nitrogens is 1. The molecule has 0 unspecified atom stereocenters. The Morgan fingerprint density at radius 1 is 1.14 bits per heavy atom. The van der Waals surface area contributed by atoms with E-state index in [1.807, 2.05) is 18.2 Å². The second-order valence-corrected chi connectivity index (χ2v) is 9.59. The molecule has 152 valence electrons. The third-order valence-electron chi connectivity index (χ3n) is 4.79. The summed E-state index contributed by atoms with van der Waals surface area (Å²) in [6.07, 6.45) is 1.45. The van der Waals surface area contributed by atoms with Crippen molar-refractivity contribution in [3.63, 3.8) is 0 Å². The lowest BCUT2D eigenvalue weighted by Crippen LogP contribution is -3.12. The number of piperazine rings is 1. The van der Waals surface area contributed by atoms with Crippen LogP contribution in [0.2, 0.25) is 0 Å². The van der Waals surface area contributed by atoms with E-state index in [2.05, 4.69) is 12.0 Å². The number of benzene rings is 1. The van der Waals surface area contributed by atoms with Crippen molar-refractivity contribution in [3.05, 3.63) is 42.1 Å². The van der Waals surface area contributed by atoms with Gasteiger partial charge in [-0.1, -0.05) is 0 Å². The monoisotopic (exact) mass is 424 g/mol. The maximum atomic E-state index is 12.8. The minimum Gasteiger partial charge on any atom is -0.497 e. The van der Waals surface area contributed by atoms with E-state index in [0.717, 1.165) is 35.2 Å². The highest BCUT2D eigenvalue weighted by Crippen LogP contribution is 2.30. The fourth-order valence-electron chi connectivity index (χ4n) is 3.01. The molecule has 0 spiro atoms. The van der Waals surface area contributed by atoms with Crippen LogP contribution in [0.15, 0.2) is 46.5 Å². The van der Waals surface area contributed by atoms with Crippen molar-refractivity contribution < 1.29 is 22.8 Å². The number of nitrogens with one attached hydrogen (secondary N) is 1. The van der Waals surface area contributed by atoms with Gasteiger partial charge in [0.2, 0.25) is 10.0 Å². The molecule has 1 aromatic heterocycles. The van der Waals surface area contributed by atoms with Gasteiger partial charge in [0.1, 0.15) is 16.4 Å². The molecule has 1 aromatic carbocycles. The molecular formula is C19H26N3O4S2+. The van der Waals surface area contributed by atoms with E-state index in [1.165, 1.54) is 22.9 Å². The fraction of sp³-hybridized carbons (Fsp3) is 0.421. The van der Waals surface area contributed by atoms with Crippen LogP contribution in [-0.4, -0.2) is 65.2 Å². The second kappa shape index (κ2) is 9.13. The van der Waals surface area contributed by atoms with E-state index in [0.29, 0.717) is 18.8 Å². The molecular weight excluding hydrogens is 398 g/mol. The summed E-state index contributed by atoms with van der Waals surface area (Å²) in [5.74, 6) is 2.19. The van der Waals surface area contributed by atoms with E-state index in [1.54, 1.807) is 30.7 Å². The summed E-state index contributed by atoms with van der Waals surface area (Å²) in [5.41, 5.74) is 0.991. The van der Waals surface area contributed by atoms with Gasteiger partial charge in [-0.25, -0.2) is 13.4 Å². The first kappa shape index (κ1) is 20.9. The number of sulfonamides is 1. The fourth-order valence-corrected chi connectivity index (χ4v) is 5.22. The summed E-state index contributed by atoms with van der Waals surface area (Å²) in [7, 11) is 1.86. The number of methoxy groups -OCH3 is 2. The van der Waals surface area contributed by atoms with Gasteiger partial charge in [0.15, 0.2) is 0 Å². The smallest absolute Gasteiger partial charge is 0.245 e. The summed E-state index contributed by atoms with van der Waals surface area (Å²) in [6.45, 7) is 2.73. The average Bonchev–Trinajstić information content (AvgIpc) is 2.72. The Kier molecular flexibility index (Phi) is 6.82. The van der Waals surface area contributed by atoms with Crippen LogP contribution in [0.5, 0.6) is 11.5 Å². The molecule has 1 saturated heterocycles. The Morgan fingerprint density at radius 2 is 1.89 bits per heavy atom. The molecule has 1 N–H and O–H groups in total. The van der Waals surface area contributed by atoms with Gasteiger partial charge in [0.25, 0.3) is 0 Å². The van der Waals surface area contributed by atoms with Gasteiger partial charge in [0.05, 0.1) is 52.5 Å². The van der Waals surface area contributed by atoms with Crippen LogP contribution >= 0.6 is 11.8 Å². The highest BCUT2D eigenvalue weighted by Gasteiger charge is 2.29. The summed E-state index contributed by atoms with van der Waals surface area (Å²) in [6, 6.07) is 9.05. The second-order valence-electron chi connectivity index (χ2n) is 6.66. The molecule has 1 aliphatic heterocycles. The van der Waals surface area contributed by atoms with Crippen LogP contribution < -0.4 is 14.4 Å². The Balaban J connectivity index is 1.68. The molecule has 0 bridgehead atoms. The number of thioether (sulfide) groups is 1. The van der Waals surface area contributed by atoms with Crippen molar-refractivity contribution in [2.45, 2.75) is 15.7 Å². The molecule has 2 heterocycles. The topological polar surface area (TPSA) is 73.2 Å². The third-order valence-corrected chi connectivity index (χ3v) is 7.66. The van der Waals surface area contributed by atoms with Crippen molar-refractivity contribution in [1.29, 1.82) is 0 Å². The molecule has 3 rings (SSSR count). The zero-order valence-corrected chi connectivity index (χ0v) is 18.0. The quantitative estimate of drug-likeness (QED) is 0.666.